The number of nitrogens with zero attached hydrogens (tertiary/aromatic N) is 4. The lowest BCUT2D eigenvalue weighted by molar-refractivity contribution is -0.120. The van der Waals surface area contributed by atoms with Crippen LogP contribution in [0.4, 0.5) is 0 Å². The Kier molecular flexibility index (Phi) is 4.19. The highest BCUT2D eigenvalue weighted by molar-refractivity contribution is 7.09. The molecule has 0 saturated carbocycles. The first kappa shape index (κ1) is 14.3. The molecule has 0 spiro atoms. The van der Waals surface area contributed by atoms with Crippen molar-refractivity contribution in [3.63, 3.8) is 0 Å². The molecule has 0 aromatic carbocycles. The van der Waals surface area contributed by atoms with Crippen molar-refractivity contribution in [1.82, 2.24) is 30.5 Å². The Bertz CT molecular complexity index is 767. The minimum absolute atomic E-state index is 0.0906. The van der Waals surface area contributed by atoms with Gasteiger partial charge in [-0.2, -0.15) is 5.10 Å². The molecule has 1 amide bonds. The van der Waals surface area contributed by atoms with Gasteiger partial charge in [-0.3, -0.25) is 14.9 Å². The van der Waals surface area contributed by atoms with Gasteiger partial charge >= 0.3 is 0 Å². The summed E-state index contributed by atoms with van der Waals surface area (Å²) in [5, 5.41) is 12.6. The number of thiazole rings is 1. The summed E-state index contributed by atoms with van der Waals surface area (Å²) in [7, 11) is 0. The van der Waals surface area contributed by atoms with Gasteiger partial charge in [-0.05, 0) is 19.1 Å². The highest BCUT2D eigenvalue weighted by Crippen LogP contribution is 2.12. The fourth-order valence-corrected chi connectivity index (χ4v) is 2.52. The van der Waals surface area contributed by atoms with Crippen molar-refractivity contribution < 1.29 is 4.79 Å². The van der Waals surface area contributed by atoms with E-state index in [0.29, 0.717) is 18.2 Å². The standard InChI is InChI=1S/C14H14N6OS/c1-9-17-11(8-22-9)6-13(21)16-7-12-18-14(20-19-12)10-2-4-15-5-3-10/h2-5,8H,6-7H2,1H3,(H,16,21)(H,18,19,20). The Morgan fingerprint density at radius 2 is 2.14 bits per heavy atom. The predicted octanol–water partition coefficient (Wildman–Crippen LogP) is 1.49. The summed E-state index contributed by atoms with van der Waals surface area (Å²) in [5.41, 5.74) is 1.66. The molecule has 22 heavy (non-hydrogen) atoms. The number of aromatic amines is 1. The van der Waals surface area contributed by atoms with Crippen LogP contribution in [0.1, 0.15) is 16.5 Å². The average Bonchev–Trinajstić information content (AvgIpc) is 3.15. The average molecular weight is 314 g/mol. The Morgan fingerprint density at radius 3 is 2.86 bits per heavy atom. The van der Waals surface area contributed by atoms with Crippen LogP contribution in [0, 0.1) is 6.92 Å². The van der Waals surface area contributed by atoms with Crippen LogP contribution in [0.15, 0.2) is 29.9 Å². The molecule has 0 fully saturated rings. The molecule has 0 radical (unpaired) electrons. The summed E-state index contributed by atoms with van der Waals surface area (Å²) in [6, 6.07) is 3.66. The number of aryl methyl sites for hydroxylation is 1. The molecule has 0 unspecified atom stereocenters. The quantitative estimate of drug-likeness (QED) is 0.744. The van der Waals surface area contributed by atoms with E-state index in [4.69, 9.17) is 0 Å². The van der Waals surface area contributed by atoms with Gasteiger partial charge in [-0.15, -0.1) is 11.3 Å². The summed E-state index contributed by atoms with van der Waals surface area (Å²) in [6.45, 7) is 2.22. The second-order valence-corrected chi connectivity index (χ2v) is 5.72. The molecule has 7 nitrogen and oxygen atoms in total. The fourth-order valence-electron chi connectivity index (χ4n) is 1.90. The van der Waals surface area contributed by atoms with Gasteiger partial charge in [0, 0.05) is 23.3 Å². The van der Waals surface area contributed by atoms with E-state index >= 15 is 0 Å². The van der Waals surface area contributed by atoms with Crippen LogP contribution in [-0.2, 0) is 17.8 Å². The maximum atomic E-state index is 11.9. The van der Waals surface area contributed by atoms with Crippen molar-refractivity contribution in [3.8, 4) is 11.4 Å². The maximum Gasteiger partial charge on any atom is 0.226 e. The van der Waals surface area contributed by atoms with E-state index in [9.17, 15) is 4.79 Å². The third kappa shape index (κ3) is 3.53. The van der Waals surface area contributed by atoms with Crippen molar-refractivity contribution >= 4 is 17.2 Å². The zero-order valence-electron chi connectivity index (χ0n) is 11.9. The van der Waals surface area contributed by atoms with E-state index in [2.05, 4.69) is 30.5 Å². The molecule has 0 aliphatic rings. The molecule has 0 atom stereocenters. The van der Waals surface area contributed by atoms with E-state index in [1.165, 1.54) is 11.3 Å². The van der Waals surface area contributed by atoms with Crippen molar-refractivity contribution in [1.29, 1.82) is 0 Å². The van der Waals surface area contributed by atoms with Crippen LogP contribution in [0.3, 0.4) is 0 Å². The second-order valence-electron chi connectivity index (χ2n) is 4.65. The van der Waals surface area contributed by atoms with Crippen LogP contribution >= 0.6 is 11.3 Å². The van der Waals surface area contributed by atoms with E-state index in [-0.39, 0.29) is 12.3 Å². The van der Waals surface area contributed by atoms with Gasteiger partial charge in [0.05, 0.1) is 23.7 Å². The molecule has 3 aromatic rings. The van der Waals surface area contributed by atoms with E-state index < -0.39 is 0 Å². The summed E-state index contributed by atoms with van der Waals surface area (Å²) in [5.74, 6) is 1.10. The number of H-pyrrole nitrogens is 1. The van der Waals surface area contributed by atoms with Gasteiger partial charge in [0.15, 0.2) is 5.82 Å². The lowest BCUT2D eigenvalue weighted by Crippen LogP contribution is -2.25. The number of hydrogen-bond donors (Lipinski definition) is 2. The van der Waals surface area contributed by atoms with Gasteiger partial charge in [0.25, 0.3) is 0 Å². The highest BCUT2D eigenvalue weighted by Gasteiger charge is 2.09. The lowest BCUT2D eigenvalue weighted by atomic mass is 10.2. The monoisotopic (exact) mass is 314 g/mol. The normalized spacial score (nSPS) is 10.6. The number of hydrogen-bond acceptors (Lipinski definition) is 6. The fraction of sp³-hybridized carbons (Fsp3) is 0.214. The third-order valence-electron chi connectivity index (χ3n) is 2.93. The lowest BCUT2D eigenvalue weighted by Gasteiger charge is -2.00. The summed E-state index contributed by atoms with van der Waals surface area (Å²) >= 11 is 1.54. The molecular weight excluding hydrogens is 300 g/mol. The van der Waals surface area contributed by atoms with Gasteiger partial charge in [-0.25, -0.2) is 9.97 Å². The van der Waals surface area contributed by atoms with Crippen LogP contribution in [-0.4, -0.2) is 31.1 Å². The number of carbonyl (C=O) groups is 1. The van der Waals surface area contributed by atoms with E-state index in [1.807, 2.05) is 24.4 Å². The highest BCUT2D eigenvalue weighted by atomic mass is 32.1. The molecule has 0 aliphatic heterocycles. The summed E-state index contributed by atoms with van der Waals surface area (Å²) in [6.07, 6.45) is 3.64. The smallest absolute Gasteiger partial charge is 0.226 e. The Labute approximate surface area is 130 Å². The summed E-state index contributed by atoms with van der Waals surface area (Å²) in [4.78, 5) is 24.4. The number of pyridine rings is 1. The maximum absolute atomic E-state index is 11.9. The van der Waals surface area contributed by atoms with Gasteiger partial charge in [0.2, 0.25) is 5.91 Å². The zero-order chi connectivity index (χ0) is 15.4. The van der Waals surface area contributed by atoms with Crippen molar-refractivity contribution in [2.24, 2.45) is 0 Å². The largest absolute Gasteiger partial charge is 0.348 e. The molecule has 0 aliphatic carbocycles. The zero-order valence-corrected chi connectivity index (χ0v) is 12.7. The number of nitrogens with one attached hydrogen (secondary N) is 2. The van der Waals surface area contributed by atoms with Crippen LogP contribution in [0.25, 0.3) is 11.4 Å². The van der Waals surface area contributed by atoms with Crippen LogP contribution < -0.4 is 5.32 Å². The molecule has 0 bridgehead atoms. The van der Waals surface area contributed by atoms with Crippen molar-refractivity contribution in [2.75, 3.05) is 0 Å². The van der Waals surface area contributed by atoms with Gasteiger partial charge in [0.1, 0.15) is 5.82 Å². The van der Waals surface area contributed by atoms with Gasteiger partial charge < -0.3 is 5.32 Å². The molecule has 8 heteroatoms. The SMILES string of the molecule is Cc1nc(CC(=O)NCc2nc(-c3ccncc3)n[nH]2)cs1. The molecular formula is C14H14N6OS. The van der Waals surface area contributed by atoms with Gasteiger partial charge in [-0.1, -0.05) is 0 Å². The molecule has 3 heterocycles. The van der Waals surface area contributed by atoms with Crippen LogP contribution in [0.2, 0.25) is 0 Å². The Hall–Kier alpha value is -2.61. The van der Waals surface area contributed by atoms with Crippen LogP contribution in [0.5, 0.6) is 0 Å². The number of carbonyl (C=O) groups excluding carboxylic acids is 1. The first-order valence-corrected chi connectivity index (χ1v) is 7.58. The topological polar surface area (TPSA) is 96.5 Å². The minimum Gasteiger partial charge on any atom is -0.348 e. The third-order valence-corrected chi connectivity index (χ3v) is 3.75. The first-order valence-electron chi connectivity index (χ1n) is 6.70. The van der Waals surface area contributed by atoms with E-state index in [0.717, 1.165) is 16.3 Å². The number of rotatable bonds is 5. The second kappa shape index (κ2) is 6.44. The molecule has 2 N–H and O–H groups in total. The number of amides is 1. The summed E-state index contributed by atoms with van der Waals surface area (Å²) < 4.78 is 0. The number of aromatic nitrogens is 5. The minimum atomic E-state index is -0.0906. The molecule has 3 rings (SSSR count). The van der Waals surface area contributed by atoms with Crippen molar-refractivity contribution in [2.45, 2.75) is 19.9 Å². The van der Waals surface area contributed by atoms with E-state index in [1.54, 1.807) is 12.4 Å². The molecule has 3 aromatic heterocycles. The molecule has 0 saturated heterocycles. The van der Waals surface area contributed by atoms with Crippen molar-refractivity contribution in [3.05, 3.63) is 46.4 Å². The first-order chi connectivity index (χ1) is 10.7. The molecule has 112 valence electrons. The Balaban J connectivity index is 1.56. The predicted molar refractivity (Wildman–Crippen MR) is 82.0 cm³/mol. The Morgan fingerprint density at radius 1 is 1.32 bits per heavy atom.